The zero-order valence-electron chi connectivity index (χ0n) is 11.3. The van der Waals surface area contributed by atoms with Crippen LogP contribution in [0.5, 0.6) is 0 Å². The Hall–Kier alpha value is -2.16. The summed E-state index contributed by atoms with van der Waals surface area (Å²) < 4.78 is 3.89. The van der Waals surface area contributed by atoms with Gasteiger partial charge in [-0.15, -0.1) is 0 Å². The second kappa shape index (κ2) is 6.33. The van der Waals surface area contributed by atoms with Gasteiger partial charge >= 0.3 is 12.0 Å². The van der Waals surface area contributed by atoms with Crippen LogP contribution >= 0.6 is 11.5 Å². The number of carboxylic acids is 1. The Morgan fingerprint density at radius 3 is 2.40 bits per heavy atom. The quantitative estimate of drug-likeness (QED) is 0.637. The van der Waals surface area contributed by atoms with Gasteiger partial charge in [-0.3, -0.25) is 4.79 Å². The summed E-state index contributed by atoms with van der Waals surface area (Å²) in [5, 5.41) is 14.0. The van der Waals surface area contributed by atoms with E-state index in [-0.39, 0.29) is 16.5 Å². The Morgan fingerprint density at radius 1 is 1.35 bits per heavy atom. The number of carboxylic acid groups (broad SMARTS) is 1. The van der Waals surface area contributed by atoms with Crippen molar-refractivity contribution in [2.75, 3.05) is 5.32 Å². The van der Waals surface area contributed by atoms with Gasteiger partial charge in [0, 0.05) is 0 Å². The fraction of sp³-hybridized carbons (Fsp3) is 0.455. The van der Waals surface area contributed by atoms with E-state index in [1.54, 1.807) is 13.8 Å². The maximum absolute atomic E-state index is 12.1. The fourth-order valence-corrected chi connectivity index (χ4v) is 2.38. The van der Waals surface area contributed by atoms with Gasteiger partial charge in [-0.25, -0.2) is 9.59 Å². The summed E-state index contributed by atoms with van der Waals surface area (Å²) in [5.41, 5.74) is 5.28. The summed E-state index contributed by atoms with van der Waals surface area (Å²) in [6.07, 6.45) is 0. The van der Waals surface area contributed by atoms with Crippen LogP contribution in [0, 0.1) is 12.8 Å². The standard InChI is InChI=1S/C11H16N4O4S/c1-4(2)7(13-11(12)19)8(16)14-9-6(10(17)18)5(3)15-20-9/h4,7H,1-3H3,(H,14,16)(H,17,18)(H3,12,13,19). The van der Waals surface area contributed by atoms with Crippen molar-refractivity contribution in [1.82, 2.24) is 9.69 Å². The molecule has 1 aromatic rings. The lowest BCUT2D eigenvalue weighted by Gasteiger charge is -2.20. The van der Waals surface area contributed by atoms with Crippen molar-refractivity contribution in [3.05, 3.63) is 11.3 Å². The van der Waals surface area contributed by atoms with E-state index in [4.69, 9.17) is 10.8 Å². The van der Waals surface area contributed by atoms with Gasteiger partial charge in [0.05, 0.1) is 5.69 Å². The van der Waals surface area contributed by atoms with E-state index >= 15 is 0 Å². The molecule has 0 spiro atoms. The maximum Gasteiger partial charge on any atom is 0.340 e. The normalized spacial score (nSPS) is 12.0. The molecule has 3 amide bonds. The molecule has 5 N–H and O–H groups in total. The Bertz CT molecular complexity index is 541. The summed E-state index contributed by atoms with van der Waals surface area (Å²) in [6.45, 7) is 5.00. The van der Waals surface area contributed by atoms with Crippen LogP contribution in [0.25, 0.3) is 0 Å². The van der Waals surface area contributed by atoms with Gasteiger partial charge in [0.2, 0.25) is 5.91 Å². The number of amides is 3. The molecular weight excluding hydrogens is 284 g/mol. The van der Waals surface area contributed by atoms with E-state index in [9.17, 15) is 14.4 Å². The van der Waals surface area contributed by atoms with E-state index in [2.05, 4.69) is 15.0 Å². The predicted octanol–water partition coefficient (Wildman–Crippen LogP) is 0.781. The van der Waals surface area contributed by atoms with Gasteiger partial charge in [0.25, 0.3) is 0 Å². The van der Waals surface area contributed by atoms with Crippen LogP contribution < -0.4 is 16.4 Å². The number of hydrogen-bond acceptors (Lipinski definition) is 5. The smallest absolute Gasteiger partial charge is 0.340 e. The Labute approximate surface area is 119 Å². The molecule has 8 nitrogen and oxygen atoms in total. The zero-order chi connectivity index (χ0) is 15.4. The number of primary amides is 1. The largest absolute Gasteiger partial charge is 0.478 e. The lowest BCUT2D eigenvalue weighted by Crippen LogP contribution is -2.49. The SMILES string of the molecule is Cc1nsc(NC(=O)C(NC(N)=O)C(C)C)c1C(=O)O. The predicted molar refractivity (Wildman–Crippen MR) is 73.8 cm³/mol. The van der Waals surface area contributed by atoms with Crippen LogP contribution in [0.4, 0.5) is 9.80 Å². The van der Waals surface area contributed by atoms with E-state index in [1.807, 2.05) is 0 Å². The molecule has 0 saturated carbocycles. The van der Waals surface area contributed by atoms with Gasteiger partial charge in [0.1, 0.15) is 16.6 Å². The van der Waals surface area contributed by atoms with E-state index in [0.717, 1.165) is 11.5 Å². The number of aromatic carboxylic acids is 1. The monoisotopic (exact) mass is 300 g/mol. The fourth-order valence-electron chi connectivity index (χ4n) is 1.58. The number of anilines is 1. The minimum Gasteiger partial charge on any atom is -0.478 e. The van der Waals surface area contributed by atoms with Crippen LogP contribution in [-0.2, 0) is 4.79 Å². The number of nitrogens with two attached hydrogens (primary N) is 1. The molecule has 0 fully saturated rings. The van der Waals surface area contributed by atoms with Crippen LogP contribution in [0.3, 0.4) is 0 Å². The molecule has 20 heavy (non-hydrogen) atoms. The van der Waals surface area contributed by atoms with Gasteiger partial charge < -0.3 is 21.5 Å². The molecule has 0 aromatic carbocycles. The summed E-state index contributed by atoms with van der Waals surface area (Å²) in [7, 11) is 0. The van der Waals surface area contributed by atoms with Gasteiger partial charge in [-0.1, -0.05) is 13.8 Å². The average Bonchev–Trinajstić information content (AvgIpc) is 2.66. The van der Waals surface area contributed by atoms with Crippen LogP contribution in [-0.4, -0.2) is 33.4 Å². The van der Waals surface area contributed by atoms with Crippen LogP contribution in [0.15, 0.2) is 0 Å². The lowest BCUT2D eigenvalue weighted by atomic mass is 10.0. The minimum absolute atomic E-state index is 0.0510. The highest BCUT2D eigenvalue weighted by Crippen LogP contribution is 2.24. The van der Waals surface area contributed by atoms with Crippen molar-refractivity contribution in [3.8, 4) is 0 Å². The van der Waals surface area contributed by atoms with Gasteiger partial charge in [-0.2, -0.15) is 4.37 Å². The van der Waals surface area contributed by atoms with Crippen LogP contribution in [0.1, 0.15) is 29.9 Å². The number of nitrogens with one attached hydrogen (secondary N) is 2. The summed E-state index contributed by atoms with van der Waals surface area (Å²) in [6, 6.07) is -1.67. The molecule has 1 aromatic heterocycles. The molecule has 9 heteroatoms. The first-order valence-electron chi connectivity index (χ1n) is 5.80. The number of hydrogen-bond donors (Lipinski definition) is 4. The molecule has 1 unspecified atom stereocenters. The minimum atomic E-state index is -1.17. The van der Waals surface area contributed by atoms with Gasteiger partial charge in [-0.05, 0) is 24.4 Å². The van der Waals surface area contributed by atoms with Crippen molar-refractivity contribution in [3.63, 3.8) is 0 Å². The van der Waals surface area contributed by atoms with Crippen molar-refractivity contribution in [1.29, 1.82) is 0 Å². The number of urea groups is 1. The second-order valence-corrected chi connectivity index (χ2v) is 5.27. The molecule has 1 rings (SSSR count). The molecule has 1 heterocycles. The molecule has 0 bridgehead atoms. The Balaban J connectivity index is 2.94. The first-order chi connectivity index (χ1) is 9.23. The van der Waals surface area contributed by atoms with Crippen molar-refractivity contribution >= 4 is 34.4 Å². The average molecular weight is 300 g/mol. The Kier molecular flexibility index (Phi) is 5.03. The zero-order valence-corrected chi connectivity index (χ0v) is 12.1. The number of aryl methyl sites for hydroxylation is 1. The van der Waals surface area contributed by atoms with Crippen molar-refractivity contribution in [2.45, 2.75) is 26.8 Å². The van der Waals surface area contributed by atoms with Crippen LogP contribution in [0.2, 0.25) is 0 Å². The maximum atomic E-state index is 12.1. The first kappa shape index (κ1) is 15.9. The third-order valence-corrected chi connectivity index (χ3v) is 3.41. The molecule has 0 aliphatic rings. The second-order valence-electron chi connectivity index (χ2n) is 4.50. The molecule has 0 saturated heterocycles. The van der Waals surface area contributed by atoms with E-state index < -0.39 is 23.9 Å². The number of carbonyl (C=O) groups is 3. The molecule has 0 radical (unpaired) electrons. The first-order valence-corrected chi connectivity index (χ1v) is 6.57. The summed E-state index contributed by atoms with van der Waals surface area (Å²) >= 11 is 0.874. The molecular formula is C11H16N4O4S. The number of aromatic nitrogens is 1. The molecule has 110 valence electrons. The number of rotatable bonds is 5. The van der Waals surface area contributed by atoms with Crippen molar-refractivity contribution in [2.24, 2.45) is 11.7 Å². The summed E-state index contributed by atoms with van der Waals surface area (Å²) in [4.78, 5) is 34.0. The van der Waals surface area contributed by atoms with Gasteiger partial charge in [0.15, 0.2) is 0 Å². The molecule has 0 aliphatic heterocycles. The van der Waals surface area contributed by atoms with E-state index in [0.29, 0.717) is 5.69 Å². The molecule has 0 aliphatic carbocycles. The highest BCUT2D eigenvalue weighted by molar-refractivity contribution is 7.11. The molecule has 1 atom stereocenters. The third kappa shape index (κ3) is 3.67. The number of carbonyl (C=O) groups excluding carboxylic acids is 2. The number of nitrogens with zero attached hydrogens (tertiary/aromatic N) is 1. The topological polar surface area (TPSA) is 134 Å². The summed E-state index contributed by atoms with van der Waals surface area (Å²) in [5.74, 6) is -1.91. The highest BCUT2D eigenvalue weighted by Gasteiger charge is 2.26. The van der Waals surface area contributed by atoms with Crippen molar-refractivity contribution < 1.29 is 19.5 Å². The lowest BCUT2D eigenvalue weighted by molar-refractivity contribution is -0.118. The highest BCUT2D eigenvalue weighted by atomic mass is 32.1. The third-order valence-electron chi connectivity index (χ3n) is 2.56. The van der Waals surface area contributed by atoms with E-state index in [1.165, 1.54) is 6.92 Å². The Morgan fingerprint density at radius 2 is 1.95 bits per heavy atom.